The Labute approximate surface area is 213 Å². The molecule has 2 amide bonds. The van der Waals surface area contributed by atoms with Gasteiger partial charge in [-0.15, -0.1) is 0 Å². The molecule has 2 aromatic heterocycles. The van der Waals surface area contributed by atoms with E-state index in [9.17, 15) is 14.7 Å². The molecule has 1 aliphatic heterocycles. The van der Waals surface area contributed by atoms with E-state index in [-0.39, 0.29) is 6.61 Å². The van der Waals surface area contributed by atoms with Crippen molar-refractivity contribution in [2.45, 2.75) is 19.6 Å². The normalized spacial score (nSPS) is 13.6. The number of nitrogens with one attached hydrogen (secondary N) is 2. The third-order valence-corrected chi connectivity index (χ3v) is 6.71. The molecule has 6 rings (SSSR count). The van der Waals surface area contributed by atoms with E-state index in [1.54, 1.807) is 6.20 Å². The Morgan fingerprint density at radius 3 is 2.35 bits per heavy atom. The van der Waals surface area contributed by atoms with Gasteiger partial charge in [0.1, 0.15) is 12.4 Å². The second kappa shape index (κ2) is 9.44. The van der Waals surface area contributed by atoms with Crippen LogP contribution in [0.3, 0.4) is 0 Å². The molecular formula is C30H25N3O4. The minimum atomic E-state index is -0.429. The van der Waals surface area contributed by atoms with Gasteiger partial charge in [0.25, 0.3) is 11.8 Å². The van der Waals surface area contributed by atoms with Crippen LogP contribution in [0.5, 0.6) is 5.75 Å². The van der Waals surface area contributed by atoms with Crippen LogP contribution in [0.15, 0.2) is 85.2 Å². The molecule has 0 aliphatic carbocycles. The minimum Gasteiger partial charge on any atom is -0.487 e. The maximum absolute atomic E-state index is 13.2. The molecule has 0 saturated carbocycles. The maximum Gasteiger partial charge on any atom is 0.259 e. The lowest BCUT2D eigenvalue weighted by molar-refractivity contribution is -0.122. The summed E-state index contributed by atoms with van der Waals surface area (Å²) < 4.78 is 8.23. The number of nitrogens with zero attached hydrogens (tertiary/aromatic N) is 1. The molecule has 0 atom stereocenters. The van der Waals surface area contributed by atoms with Crippen LogP contribution in [-0.2, 0) is 22.7 Å². The fraction of sp³-hybridized carbons (Fsp3) is 0.133. The van der Waals surface area contributed by atoms with Gasteiger partial charge in [-0.05, 0) is 24.1 Å². The number of carbonyl (C=O) groups is 2. The fourth-order valence-electron chi connectivity index (χ4n) is 5.04. The number of aryl methyl sites for hydroxylation is 1. The van der Waals surface area contributed by atoms with Crippen LogP contribution in [0.25, 0.3) is 33.0 Å². The molecule has 7 heteroatoms. The Morgan fingerprint density at radius 2 is 1.54 bits per heavy atom. The molecule has 5 aromatic rings. The first kappa shape index (κ1) is 22.8. The second-order valence-electron chi connectivity index (χ2n) is 9.02. The predicted molar refractivity (Wildman–Crippen MR) is 143 cm³/mol. The Hall–Kier alpha value is -4.62. The summed E-state index contributed by atoms with van der Waals surface area (Å²) in [6, 6.07) is 23.3. The van der Waals surface area contributed by atoms with Crippen molar-refractivity contribution in [2.75, 3.05) is 6.61 Å². The maximum atomic E-state index is 13.2. The summed E-state index contributed by atoms with van der Waals surface area (Å²) in [4.78, 5) is 29.5. The first-order chi connectivity index (χ1) is 18.2. The molecule has 0 unspecified atom stereocenters. The van der Waals surface area contributed by atoms with Crippen LogP contribution in [0, 0.1) is 0 Å². The van der Waals surface area contributed by atoms with Gasteiger partial charge < -0.3 is 19.4 Å². The highest BCUT2D eigenvalue weighted by Crippen LogP contribution is 2.40. The Kier molecular flexibility index (Phi) is 5.82. The van der Waals surface area contributed by atoms with Gasteiger partial charge in [0.15, 0.2) is 0 Å². The lowest BCUT2D eigenvalue weighted by Gasteiger charge is -2.11. The smallest absolute Gasteiger partial charge is 0.259 e. The molecule has 0 spiro atoms. The van der Waals surface area contributed by atoms with Crippen molar-refractivity contribution in [3.63, 3.8) is 0 Å². The van der Waals surface area contributed by atoms with Crippen molar-refractivity contribution in [2.24, 2.45) is 0 Å². The van der Waals surface area contributed by atoms with Crippen molar-refractivity contribution in [3.05, 3.63) is 102 Å². The van der Waals surface area contributed by atoms with Crippen molar-refractivity contribution in [3.8, 4) is 5.75 Å². The zero-order valence-corrected chi connectivity index (χ0v) is 20.0. The van der Waals surface area contributed by atoms with E-state index < -0.39 is 11.8 Å². The summed E-state index contributed by atoms with van der Waals surface area (Å²) in [5.74, 6) is -0.177. The summed E-state index contributed by atoms with van der Waals surface area (Å²) in [5.41, 5.74) is 4.77. The number of benzene rings is 3. The molecule has 1 aliphatic rings. The number of para-hydroxylation sites is 2. The van der Waals surface area contributed by atoms with Gasteiger partial charge in [-0.1, -0.05) is 60.7 Å². The van der Waals surface area contributed by atoms with Crippen LogP contribution in [0.1, 0.15) is 23.1 Å². The number of aliphatic hydroxyl groups excluding tert-OH is 1. The zero-order valence-electron chi connectivity index (χ0n) is 20.0. The average Bonchev–Trinajstić information content (AvgIpc) is 3.59. The van der Waals surface area contributed by atoms with Crippen LogP contribution in [0.2, 0.25) is 0 Å². The summed E-state index contributed by atoms with van der Waals surface area (Å²) in [6.07, 6.45) is 4.20. The van der Waals surface area contributed by atoms with Gasteiger partial charge in [0.05, 0.1) is 16.7 Å². The molecule has 37 heavy (non-hydrogen) atoms. The number of H-pyrrole nitrogens is 1. The molecule has 3 aromatic carbocycles. The van der Waals surface area contributed by atoms with E-state index in [2.05, 4.69) is 10.3 Å². The molecule has 0 saturated heterocycles. The van der Waals surface area contributed by atoms with Gasteiger partial charge in [0.2, 0.25) is 0 Å². The standard InChI is InChI=1S/C30H25N3O4/c34-15-7-14-33-17-23(21-11-6-13-25(28(21)33)37-18-19-8-2-1-3-9-19)27-26(29(35)32-30(27)36)22-16-31-24-12-5-4-10-20(22)24/h1-6,8-13,16-17,31,34H,7,14-15,18H2,(H,32,35,36). The summed E-state index contributed by atoms with van der Waals surface area (Å²) in [5, 5.41) is 13.7. The van der Waals surface area contributed by atoms with E-state index in [1.165, 1.54) is 0 Å². The first-order valence-electron chi connectivity index (χ1n) is 12.2. The number of amides is 2. The Balaban J connectivity index is 1.53. The van der Waals surface area contributed by atoms with Crippen LogP contribution in [-0.4, -0.2) is 33.1 Å². The minimum absolute atomic E-state index is 0.0320. The molecule has 3 heterocycles. The largest absolute Gasteiger partial charge is 0.487 e. The van der Waals surface area contributed by atoms with Gasteiger partial charge in [0, 0.05) is 53.0 Å². The monoisotopic (exact) mass is 491 g/mol. The Morgan fingerprint density at radius 1 is 0.811 bits per heavy atom. The van der Waals surface area contributed by atoms with Gasteiger partial charge in [-0.2, -0.15) is 0 Å². The number of aromatic nitrogens is 2. The summed E-state index contributed by atoms with van der Waals surface area (Å²) in [6.45, 7) is 0.955. The van der Waals surface area contributed by atoms with Crippen molar-refractivity contribution in [1.29, 1.82) is 0 Å². The topological polar surface area (TPSA) is 96.3 Å². The van der Waals surface area contributed by atoms with Crippen molar-refractivity contribution in [1.82, 2.24) is 14.9 Å². The fourth-order valence-corrected chi connectivity index (χ4v) is 5.04. The van der Waals surface area contributed by atoms with E-state index in [0.29, 0.717) is 47.6 Å². The van der Waals surface area contributed by atoms with Crippen LogP contribution >= 0.6 is 0 Å². The molecule has 0 fully saturated rings. The van der Waals surface area contributed by atoms with Crippen molar-refractivity contribution < 1.29 is 19.4 Å². The number of aliphatic hydroxyl groups is 1. The lowest BCUT2D eigenvalue weighted by Crippen LogP contribution is -2.22. The second-order valence-corrected chi connectivity index (χ2v) is 9.02. The average molecular weight is 492 g/mol. The van der Waals surface area contributed by atoms with E-state index in [1.807, 2.05) is 83.6 Å². The lowest BCUT2D eigenvalue weighted by atomic mass is 9.95. The highest BCUT2D eigenvalue weighted by atomic mass is 16.5. The number of hydrogen-bond acceptors (Lipinski definition) is 4. The number of ether oxygens (including phenoxy) is 1. The number of aromatic amines is 1. The number of rotatable bonds is 8. The number of hydrogen-bond donors (Lipinski definition) is 3. The molecule has 0 radical (unpaired) electrons. The zero-order chi connectivity index (χ0) is 25.4. The SMILES string of the molecule is O=C1NC(=O)C(c2cn(CCCO)c3c(OCc4ccccc4)cccc23)=C1c1c[nH]c2ccccc12. The van der Waals surface area contributed by atoms with E-state index in [0.717, 1.165) is 27.4 Å². The van der Waals surface area contributed by atoms with Gasteiger partial charge in [-0.25, -0.2) is 0 Å². The quantitative estimate of drug-likeness (QED) is 0.275. The highest BCUT2D eigenvalue weighted by Gasteiger charge is 2.35. The Bertz CT molecular complexity index is 1680. The summed E-state index contributed by atoms with van der Waals surface area (Å²) in [7, 11) is 0. The molecular weight excluding hydrogens is 466 g/mol. The third kappa shape index (κ3) is 3.99. The van der Waals surface area contributed by atoms with Crippen LogP contribution < -0.4 is 10.1 Å². The van der Waals surface area contributed by atoms with Gasteiger partial charge >= 0.3 is 0 Å². The van der Waals surface area contributed by atoms with Crippen LogP contribution in [0.4, 0.5) is 0 Å². The number of fused-ring (bicyclic) bond motifs is 2. The van der Waals surface area contributed by atoms with E-state index in [4.69, 9.17) is 4.74 Å². The molecule has 7 nitrogen and oxygen atoms in total. The highest BCUT2D eigenvalue weighted by molar-refractivity contribution is 6.50. The molecule has 184 valence electrons. The summed E-state index contributed by atoms with van der Waals surface area (Å²) >= 11 is 0. The third-order valence-electron chi connectivity index (χ3n) is 6.71. The number of carbonyl (C=O) groups excluding carboxylic acids is 2. The number of imide groups is 1. The molecule has 3 N–H and O–H groups in total. The van der Waals surface area contributed by atoms with Crippen molar-refractivity contribution >= 4 is 44.8 Å². The van der Waals surface area contributed by atoms with E-state index >= 15 is 0 Å². The van der Waals surface area contributed by atoms with Gasteiger partial charge in [-0.3, -0.25) is 14.9 Å². The molecule has 0 bridgehead atoms. The predicted octanol–water partition coefficient (Wildman–Crippen LogP) is 4.65. The first-order valence-corrected chi connectivity index (χ1v) is 12.2.